The number of nitro benzene ring substituents is 1. The van der Waals surface area contributed by atoms with E-state index in [1.165, 1.54) is 13.0 Å². The molecule has 1 aromatic carbocycles. The van der Waals surface area contributed by atoms with Crippen molar-refractivity contribution >= 4 is 27.4 Å². The molecule has 1 aromatic rings. The monoisotopic (exact) mass is 314 g/mol. The van der Waals surface area contributed by atoms with Gasteiger partial charge in [0.2, 0.25) is 10.0 Å². The highest BCUT2D eigenvalue weighted by Crippen LogP contribution is 2.34. The van der Waals surface area contributed by atoms with Gasteiger partial charge in [0.1, 0.15) is 0 Å². The molecule has 2 rings (SSSR count). The molecule has 9 heteroatoms. The number of rotatable bonds is 3. The van der Waals surface area contributed by atoms with Crippen LogP contribution in [0, 0.1) is 17.0 Å². The van der Waals surface area contributed by atoms with Crippen LogP contribution >= 0.6 is 0 Å². The highest BCUT2D eigenvalue weighted by Gasteiger charge is 2.32. The van der Waals surface area contributed by atoms with Crippen molar-refractivity contribution in [3.63, 3.8) is 0 Å². The number of nitro groups is 1. The normalized spacial score (nSPS) is 16.8. The van der Waals surface area contributed by atoms with Gasteiger partial charge in [0, 0.05) is 12.6 Å². The van der Waals surface area contributed by atoms with Gasteiger partial charge in [0.15, 0.2) is 0 Å². The van der Waals surface area contributed by atoms with E-state index < -0.39 is 20.9 Å². The van der Waals surface area contributed by atoms with E-state index in [2.05, 4.69) is 4.74 Å². The zero-order valence-corrected chi connectivity index (χ0v) is 12.3. The molecule has 0 radical (unpaired) electrons. The van der Waals surface area contributed by atoms with Gasteiger partial charge in [-0.25, -0.2) is 13.2 Å². The van der Waals surface area contributed by atoms with Crippen LogP contribution in [0.15, 0.2) is 12.1 Å². The van der Waals surface area contributed by atoms with Gasteiger partial charge in [0.05, 0.1) is 34.6 Å². The lowest BCUT2D eigenvalue weighted by Gasteiger charge is -2.19. The smallest absolute Gasteiger partial charge is 0.338 e. The average molecular weight is 314 g/mol. The third-order valence-corrected chi connectivity index (χ3v) is 5.19. The zero-order chi connectivity index (χ0) is 15.8. The van der Waals surface area contributed by atoms with Crippen LogP contribution in [0.1, 0.15) is 22.3 Å². The summed E-state index contributed by atoms with van der Waals surface area (Å²) in [4.78, 5) is 22.1. The number of anilines is 1. The second-order valence-electron chi connectivity index (χ2n) is 4.63. The number of nitrogens with zero attached hydrogens (tertiary/aromatic N) is 2. The van der Waals surface area contributed by atoms with Gasteiger partial charge >= 0.3 is 5.97 Å². The molecule has 0 N–H and O–H groups in total. The lowest BCUT2D eigenvalue weighted by Crippen LogP contribution is -2.26. The van der Waals surface area contributed by atoms with Crippen LogP contribution in [-0.4, -0.2) is 38.7 Å². The summed E-state index contributed by atoms with van der Waals surface area (Å²) in [5, 5.41) is 11.1. The van der Waals surface area contributed by atoms with E-state index >= 15 is 0 Å². The third-order valence-electron chi connectivity index (χ3n) is 3.34. The van der Waals surface area contributed by atoms with Gasteiger partial charge in [-0.3, -0.25) is 14.4 Å². The van der Waals surface area contributed by atoms with Crippen molar-refractivity contribution in [2.24, 2.45) is 0 Å². The summed E-state index contributed by atoms with van der Waals surface area (Å²) < 4.78 is 29.6. The van der Waals surface area contributed by atoms with Gasteiger partial charge in [-0.2, -0.15) is 0 Å². The number of hydrogen-bond donors (Lipinski definition) is 0. The average Bonchev–Trinajstić information content (AvgIpc) is 2.77. The summed E-state index contributed by atoms with van der Waals surface area (Å²) in [7, 11) is -2.34. The van der Waals surface area contributed by atoms with Gasteiger partial charge in [-0.1, -0.05) is 0 Å². The molecular weight excluding hydrogens is 300 g/mol. The molecule has 1 fully saturated rings. The highest BCUT2D eigenvalue weighted by atomic mass is 32.2. The fourth-order valence-corrected chi connectivity index (χ4v) is 3.89. The number of carbonyl (C=O) groups excluding carboxylic acids is 1. The van der Waals surface area contributed by atoms with Crippen LogP contribution in [0.2, 0.25) is 0 Å². The Morgan fingerprint density at radius 1 is 1.43 bits per heavy atom. The number of esters is 1. The molecular formula is C12H14N2O6S. The van der Waals surface area contributed by atoms with Crippen LogP contribution in [0.3, 0.4) is 0 Å². The number of sulfonamides is 1. The Bertz CT molecular complexity index is 713. The molecule has 0 amide bonds. The summed E-state index contributed by atoms with van der Waals surface area (Å²) in [5.41, 5.74) is 0.00197. The first-order valence-corrected chi connectivity index (χ1v) is 7.76. The van der Waals surface area contributed by atoms with Gasteiger partial charge < -0.3 is 4.74 Å². The predicted octanol–water partition coefficient (Wildman–Crippen LogP) is 1.23. The lowest BCUT2D eigenvalue weighted by atomic mass is 10.1. The number of hydrogen-bond acceptors (Lipinski definition) is 6. The third kappa shape index (κ3) is 2.68. The molecule has 0 bridgehead atoms. The highest BCUT2D eigenvalue weighted by molar-refractivity contribution is 7.93. The predicted molar refractivity (Wildman–Crippen MR) is 74.9 cm³/mol. The van der Waals surface area contributed by atoms with Crippen LogP contribution in [0.4, 0.5) is 11.4 Å². The molecule has 1 aliphatic rings. The largest absolute Gasteiger partial charge is 0.465 e. The van der Waals surface area contributed by atoms with E-state index in [1.807, 2.05) is 0 Å². The molecule has 1 heterocycles. The molecule has 1 aliphatic heterocycles. The Hall–Kier alpha value is -2.16. The van der Waals surface area contributed by atoms with E-state index in [9.17, 15) is 23.3 Å². The second-order valence-corrected chi connectivity index (χ2v) is 6.64. The van der Waals surface area contributed by atoms with E-state index in [0.717, 1.165) is 17.5 Å². The topological polar surface area (TPSA) is 107 Å². The SMILES string of the molecule is COC(=O)c1cc(N2CCCS2(=O)=O)c(C)c([N+](=O)[O-])c1. The van der Waals surface area contributed by atoms with Gasteiger partial charge in [0.25, 0.3) is 5.69 Å². The Kier molecular flexibility index (Phi) is 3.86. The lowest BCUT2D eigenvalue weighted by molar-refractivity contribution is -0.385. The molecule has 0 unspecified atom stereocenters. The molecule has 1 saturated heterocycles. The number of methoxy groups -OCH3 is 1. The Labute approximate surface area is 121 Å². The minimum atomic E-state index is -3.50. The van der Waals surface area contributed by atoms with E-state index in [4.69, 9.17) is 0 Å². The summed E-state index contributed by atoms with van der Waals surface area (Å²) in [6, 6.07) is 2.41. The number of benzene rings is 1. The van der Waals surface area contributed by atoms with Gasteiger partial charge in [-0.05, 0) is 19.4 Å². The minimum Gasteiger partial charge on any atom is -0.465 e. The molecule has 114 valence electrons. The van der Waals surface area contributed by atoms with Crippen molar-refractivity contribution in [2.75, 3.05) is 23.7 Å². The molecule has 0 aliphatic carbocycles. The Morgan fingerprint density at radius 2 is 2.10 bits per heavy atom. The van der Waals surface area contributed by atoms with E-state index in [0.29, 0.717) is 6.42 Å². The maximum atomic E-state index is 12.0. The van der Waals surface area contributed by atoms with Crippen molar-refractivity contribution in [3.8, 4) is 0 Å². The molecule has 0 aromatic heterocycles. The molecule has 8 nitrogen and oxygen atoms in total. The minimum absolute atomic E-state index is 0.0112. The maximum absolute atomic E-state index is 12.0. The van der Waals surface area contributed by atoms with Crippen molar-refractivity contribution in [2.45, 2.75) is 13.3 Å². The first kappa shape index (κ1) is 15.2. The maximum Gasteiger partial charge on any atom is 0.338 e. The van der Waals surface area contributed by atoms with Crippen molar-refractivity contribution in [1.82, 2.24) is 0 Å². The summed E-state index contributed by atoms with van der Waals surface area (Å²) in [5.74, 6) is -0.765. The van der Waals surface area contributed by atoms with E-state index in [-0.39, 0.29) is 34.8 Å². The standard InChI is InChI=1S/C12H14N2O6S/c1-8-10(13-4-3-5-21(13,18)19)6-9(12(15)20-2)7-11(8)14(16)17/h6-7H,3-5H2,1-2H3. The van der Waals surface area contributed by atoms with Crippen molar-refractivity contribution in [1.29, 1.82) is 0 Å². The first-order valence-electron chi connectivity index (χ1n) is 6.15. The Morgan fingerprint density at radius 3 is 2.57 bits per heavy atom. The fourth-order valence-electron chi connectivity index (χ4n) is 2.28. The van der Waals surface area contributed by atoms with E-state index in [1.54, 1.807) is 0 Å². The van der Waals surface area contributed by atoms with Crippen LogP contribution in [0.25, 0.3) is 0 Å². The van der Waals surface area contributed by atoms with Crippen molar-refractivity contribution in [3.05, 3.63) is 33.4 Å². The zero-order valence-electron chi connectivity index (χ0n) is 11.5. The van der Waals surface area contributed by atoms with Crippen LogP contribution in [-0.2, 0) is 14.8 Å². The molecule has 0 spiro atoms. The number of ether oxygens (including phenoxy) is 1. The molecule has 21 heavy (non-hydrogen) atoms. The Balaban J connectivity index is 2.67. The van der Waals surface area contributed by atoms with Crippen LogP contribution < -0.4 is 4.31 Å². The molecule has 0 atom stereocenters. The van der Waals surface area contributed by atoms with Crippen molar-refractivity contribution < 1.29 is 22.9 Å². The quantitative estimate of drug-likeness (QED) is 0.472. The molecule has 0 saturated carbocycles. The second kappa shape index (κ2) is 5.32. The number of carbonyl (C=O) groups is 1. The summed E-state index contributed by atoms with van der Waals surface area (Å²) in [6.07, 6.45) is 0.442. The summed E-state index contributed by atoms with van der Waals surface area (Å²) >= 11 is 0. The van der Waals surface area contributed by atoms with Crippen LogP contribution in [0.5, 0.6) is 0 Å². The fraction of sp³-hybridized carbons (Fsp3) is 0.417. The summed E-state index contributed by atoms with van der Waals surface area (Å²) in [6.45, 7) is 1.70. The first-order chi connectivity index (χ1) is 9.77. The van der Waals surface area contributed by atoms with Gasteiger partial charge in [-0.15, -0.1) is 0 Å².